The normalized spacial score (nSPS) is 16.3. The predicted octanol–water partition coefficient (Wildman–Crippen LogP) is 0.405. The van der Waals surface area contributed by atoms with Crippen LogP contribution in [0.3, 0.4) is 0 Å². The second kappa shape index (κ2) is 10.8. The number of halogens is 1. The van der Waals surface area contributed by atoms with Gasteiger partial charge in [0.2, 0.25) is 15.9 Å². The summed E-state index contributed by atoms with van der Waals surface area (Å²) in [5.41, 5.74) is 0.618. The zero-order valence-electron chi connectivity index (χ0n) is 15.9. The van der Waals surface area contributed by atoms with Crippen LogP contribution in [0.4, 0.5) is 0 Å². The van der Waals surface area contributed by atoms with Crippen molar-refractivity contribution in [1.82, 2.24) is 14.9 Å². The predicted molar refractivity (Wildman–Crippen MR) is 105 cm³/mol. The molecule has 1 atom stereocenters. The van der Waals surface area contributed by atoms with Crippen molar-refractivity contribution in [3.63, 3.8) is 0 Å². The molecule has 1 aromatic rings. The van der Waals surface area contributed by atoms with Gasteiger partial charge in [0.15, 0.2) is 0 Å². The molecule has 1 fully saturated rings. The first-order valence-corrected chi connectivity index (χ1v) is 10.0. The molecule has 0 bridgehead atoms. The van der Waals surface area contributed by atoms with E-state index < -0.39 is 10.0 Å². The van der Waals surface area contributed by atoms with E-state index in [1.54, 1.807) is 12.1 Å². The van der Waals surface area contributed by atoms with Crippen LogP contribution in [0.15, 0.2) is 23.1 Å². The van der Waals surface area contributed by atoms with E-state index in [2.05, 4.69) is 10.6 Å². The van der Waals surface area contributed by atoms with Crippen LogP contribution in [0.5, 0.6) is 5.75 Å². The average molecular weight is 422 g/mol. The maximum absolute atomic E-state index is 12.9. The minimum Gasteiger partial charge on any atom is -0.495 e. The Morgan fingerprint density at radius 1 is 1.33 bits per heavy atom. The molecule has 0 spiro atoms. The van der Waals surface area contributed by atoms with Crippen molar-refractivity contribution >= 4 is 28.3 Å². The van der Waals surface area contributed by atoms with Gasteiger partial charge in [0.25, 0.3) is 0 Å². The van der Waals surface area contributed by atoms with Gasteiger partial charge in [-0.05, 0) is 31.7 Å². The van der Waals surface area contributed by atoms with Crippen molar-refractivity contribution in [2.75, 3.05) is 47.0 Å². The molecule has 1 aliphatic heterocycles. The van der Waals surface area contributed by atoms with Gasteiger partial charge < -0.3 is 20.1 Å². The Morgan fingerprint density at radius 2 is 2.00 bits per heavy atom. The molecular formula is C17H28ClN3O5S. The third-order valence-corrected chi connectivity index (χ3v) is 6.20. The Hall–Kier alpha value is -1.39. The summed E-state index contributed by atoms with van der Waals surface area (Å²) < 4.78 is 37.7. The van der Waals surface area contributed by atoms with Crippen LogP contribution in [0.2, 0.25) is 0 Å². The lowest BCUT2D eigenvalue weighted by atomic mass is 10.1. The van der Waals surface area contributed by atoms with Gasteiger partial charge in [-0.1, -0.05) is 6.07 Å². The van der Waals surface area contributed by atoms with Gasteiger partial charge in [-0.15, -0.1) is 12.4 Å². The fourth-order valence-electron chi connectivity index (χ4n) is 2.58. The number of carbonyl (C=O) groups excluding carboxylic acids is 1. The molecule has 1 aromatic carbocycles. The maximum Gasteiger partial charge on any atom is 0.246 e. The lowest BCUT2D eigenvalue weighted by Gasteiger charge is -2.26. The number of nitrogens with one attached hydrogen (secondary N) is 2. The van der Waals surface area contributed by atoms with E-state index in [0.717, 1.165) is 0 Å². The second-order valence-corrected chi connectivity index (χ2v) is 8.08. The van der Waals surface area contributed by atoms with E-state index >= 15 is 0 Å². The number of hydrogen-bond acceptors (Lipinski definition) is 6. The van der Waals surface area contributed by atoms with E-state index in [4.69, 9.17) is 9.47 Å². The lowest BCUT2D eigenvalue weighted by molar-refractivity contribution is -0.120. The van der Waals surface area contributed by atoms with E-state index in [9.17, 15) is 13.2 Å². The summed E-state index contributed by atoms with van der Waals surface area (Å²) in [7, 11) is -0.454. The van der Waals surface area contributed by atoms with Crippen LogP contribution in [-0.2, 0) is 26.0 Å². The quantitative estimate of drug-likeness (QED) is 0.630. The highest BCUT2D eigenvalue weighted by molar-refractivity contribution is 7.89. The Bertz CT molecular complexity index is 723. The highest BCUT2D eigenvalue weighted by atomic mass is 35.5. The third-order valence-electron chi connectivity index (χ3n) is 4.28. The number of nitrogens with zero attached hydrogens (tertiary/aromatic N) is 1. The number of hydrogen-bond donors (Lipinski definition) is 2. The largest absolute Gasteiger partial charge is 0.495 e. The zero-order valence-corrected chi connectivity index (χ0v) is 17.5. The molecule has 0 saturated carbocycles. The van der Waals surface area contributed by atoms with Crippen molar-refractivity contribution in [2.45, 2.75) is 24.3 Å². The first kappa shape index (κ1) is 23.6. The molecule has 1 aliphatic rings. The van der Waals surface area contributed by atoms with Crippen LogP contribution in [0, 0.1) is 0 Å². The molecule has 10 heteroatoms. The Morgan fingerprint density at radius 3 is 2.59 bits per heavy atom. The number of sulfonamides is 1. The average Bonchev–Trinajstić information content (AvgIpc) is 2.66. The van der Waals surface area contributed by atoms with Gasteiger partial charge in [-0.25, -0.2) is 8.42 Å². The zero-order chi connectivity index (χ0) is 19.2. The minimum atomic E-state index is -3.71. The van der Waals surface area contributed by atoms with Crippen molar-refractivity contribution < 1.29 is 22.7 Å². The molecule has 2 N–H and O–H groups in total. The van der Waals surface area contributed by atoms with Crippen LogP contribution < -0.4 is 15.4 Å². The monoisotopic (exact) mass is 421 g/mol. The summed E-state index contributed by atoms with van der Waals surface area (Å²) in [6.07, 6.45) is 0.103. The molecule has 1 unspecified atom stereocenters. The fraction of sp³-hybridized carbons (Fsp3) is 0.588. The second-order valence-electron chi connectivity index (χ2n) is 6.17. The topological polar surface area (TPSA) is 97.0 Å². The van der Waals surface area contributed by atoms with Gasteiger partial charge >= 0.3 is 0 Å². The number of likely N-dealkylation sites (N-methyl/N-ethyl adjacent to an activating group) is 1. The molecule has 154 valence electrons. The molecule has 8 nitrogen and oxygen atoms in total. The Balaban J connectivity index is 0.00000364. The van der Waals surface area contributed by atoms with Crippen LogP contribution in [0.1, 0.15) is 12.5 Å². The van der Waals surface area contributed by atoms with Crippen LogP contribution >= 0.6 is 12.4 Å². The van der Waals surface area contributed by atoms with E-state index in [0.29, 0.717) is 38.4 Å². The standard InChI is InChI=1S/C17H27N3O5S.ClH/c1-13(18-2)12-19-17(21)11-14-4-5-15(24-3)16(10-14)26(22,23)20-6-8-25-9-7-20;/h4-5,10,13,18H,6-9,11-12H2,1-3H3,(H,19,21);1H. The summed E-state index contributed by atoms with van der Waals surface area (Å²) in [5, 5.41) is 5.86. The highest BCUT2D eigenvalue weighted by Crippen LogP contribution is 2.28. The molecule has 2 rings (SSSR count). The van der Waals surface area contributed by atoms with Crippen LogP contribution in [-0.4, -0.2) is 71.7 Å². The summed E-state index contributed by atoms with van der Waals surface area (Å²) in [6, 6.07) is 4.97. The van der Waals surface area contributed by atoms with Crippen molar-refractivity contribution in [3.8, 4) is 5.75 Å². The van der Waals surface area contributed by atoms with Crippen molar-refractivity contribution in [3.05, 3.63) is 23.8 Å². The van der Waals surface area contributed by atoms with Crippen molar-refractivity contribution in [1.29, 1.82) is 0 Å². The molecule has 1 heterocycles. The fourth-order valence-corrected chi connectivity index (χ4v) is 4.19. The van der Waals surface area contributed by atoms with E-state index in [1.807, 2.05) is 14.0 Å². The summed E-state index contributed by atoms with van der Waals surface area (Å²) in [6.45, 7) is 3.81. The number of amides is 1. The number of methoxy groups -OCH3 is 1. The maximum atomic E-state index is 12.9. The van der Waals surface area contributed by atoms with E-state index in [-0.39, 0.29) is 41.4 Å². The molecular weight excluding hydrogens is 394 g/mol. The van der Waals surface area contributed by atoms with Gasteiger partial charge in [0.05, 0.1) is 26.7 Å². The van der Waals surface area contributed by atoms with Gasteiger partial charge in [0, 0.05) is 25.7 Å². The van der Waals surface area contributed by atoms with Crippen LogP contribution in [0.25, 0.3) is 0 Å². The Labute approximate surface area is 167 Å². The molecule has 27 heavy (non-hydrogen) atoms. The number of morpholine rings is 1. The van der Waals surface area contributed by atoms with E-state index in [1.165, 1.54) is 17.5 Å². The molecule has 1 amide bonds. The summed E-state index contributed by atoms with van der Waals surface area (Å²) >= 11 is 0. The minimum absolute atomic E-state index is 0. The SMILES string of the molecule is CNC(C)CNC(=O)Cc1ccc(OC)c(S(=O)(=O)N2CCOCC2)c1.Cl. The third kappa shape index (κ3) is 6.32. The summed E-state index contributed by atoms with van der Waals surface area (Å²) in [4.78, 5) is 12.2. The first-order chi connectivity index (χ1) is 12.4. The number of benzene rings is 1. The number of ether oxygens (including phenoxy) is 2. The van der Waals surface area contributed by atoms with Gasteiger partial charge in [0.1, 0.15) is 10.6 Å². The first-order valence-electron chi connectivity index (χ1n) is 8.57. The molecule has 1 saturated heterocycles. The number of carbonyl (C=O) groups is 1. The molecule has 0 aliphatic carbocycles. The smallest absolute Gasteiger partial charge is 0.246 e. The molecule has 0 radical (unpaired) electrons. The van der Waals surface area contributed by atoms with Gasteiger partial charge in [-0.3, -0.25) is 4.79 Å². The van der Waals surface area contributed by atoms with Crippen molar-refractivity contribution in [2.24, 2.45) is 0 Å². The molecule has 0 aromatic heterocycles. The summed E-state index contributed by atoms with van der Waals surface area (Å²) in [5.74, 6) is 0.108. The number of rotatable bonds is 8. The Kier molecular flexibility index (Phi) is 9.48. The highest BCUT2D eigenvalue weighted by Gasteiger charge is 2.29. The lowest BCUT2D eigenvalue weighted by Crippen LogP contribution is -2.40. The van der Waals surface area contributed by atoms with Gasteiger partial charge in [-0.2, -0.15) is 4.31 Å².